The molecule has 0 aliphatic rings. The van der Waals surface area contributed by atoms with E-state index in [1.165, 1.54) is 0 Å². The second-order valence-corrected chi connectivity index (χ2v) is 10.8. The molecule has 0 aliphatic heterocycles. The van der Waals surface area contributed by atoms with E-state index in [9.17, 15) is 24.3 Å². The van der Waals surface area contributed by atoms with Crippen LogP contribution in [0.5, 0.6) is 0 Å². The molecule has 3 rings (SSSR count). The van der Waals surface area contributed by atoms with Gasteiger partial charge in [-0.25, -0.2) is 4.79 Å². The molecule has 226 valence electrons. The molecular weight excluding hydrogens is 536 g/mol. The number of H-pyrrole nitrogens is 1. The van der Waals surface area contributed by atoms with Crippen molar-refractivity contribution in [2.45, 2.75) is 70.1 Å². The lowest BCUT2D eigenvalue weighted by Crippen LogP contribution is -2.58. The summed E-state index contributed by atoms with van der Waals surface area (Å²) in [5.74, 6) is -3.21. The van der Waals surface area contributed by atoms with Gasteiger partial charge in [-0.2, -0.15) is 0 Å². The molecule has 0 bridgehead atoms. The number of hydrogen-bond donors (Lipinski definition) is 7. The van der Waals surface area contributed by atoms with Crippen molar-refractivity contribution in [1.29, 1.82) is 0 Å². The Morgan fingerprint density at radius 1 is 0.833 bits per heavy atom. The Hall–Kier alpha value is -4.22. The summed E-state index contributed by atoms with van der Waals surface area (Å²) in [5, 5.41) is 18.7. The largest absolute Gasteiger partial charge is 0.480 e. The minimum Gasteiger partial charge on any atom is -0.480 e. The Kier molecular flexibility index (Phi) is 12.1. The second-order valence-electron chi connectivity index (χ2n) is 10.8. The molecule has 3 aromatic rings. The van der Waals surface area contributed by atoms with Crippen molar-refractivity contribution in [2.24, 2.45) is 17.4 Å². The topological polar surface area (TPSA) is 192 Å². The molecule has 0 radical (unpaired) electrons. The van der Waals surface area contributed by atoms with E-state index in [0.717, 1.165) is 22.0 Å². The third-order valence-corrected chi connectivity index (χ3v) is 7.18. The molecule has 0 saturated heterocycles. The molecule has 1 heterocycles. The molecule has 0 aliphatic carbocycles. The van der Waals surface area contributed by atoms with Crippen molar-refractivity contribution in [3.63, 3.8) is 0 Å². The van der Waals surface area contributed by atoms with E-state index in [1.54, 1.807) is 38.1 Å². The van der Waals surface area contributed by atoms with Gasteiger partial charge in [0.05, 0.1) is 6.04 Å². The zero-order chi connectivity index (χ0) is 30.6. The number of aromatic nitrogens is 1. The maximum absolute atomic E-state index is 13.4. The number of amides is 3. The monoisotopic (exact) mass is 578 g/mol. The van der Waals surface area contributed by atoms with Gasteiger partial charge in [-0.1, -0.05) is 62.4 Å². The van der Waals surface area contributed by atoms with Crippen LogP contribution in [-0.2, 0) is 32.0 Å². The summed E-state index contributed by atoms with van der Waals surface area (Å²) in [6.07, 6.45) is 3.69. The summed E-state index contributed by atoms with van der Waals surface area (Å²) in [6, 6.07) is 12.6. The van der Waals surface area contributed by atoms with Crippen molar-refractivity contribution in [3.05, 3.63) is 71.9 Å². The fourth-order valence-corrected chi connectivity index (χ4v) is 4.77. The molecule has 9 N–H and O–H groups in total. The number of nitrogens with one attached hydrogen (secondary N) is 4. The Bertz CT molecular complexity index is 1340. The average molecular weight is 579 g/mol. The van der Waals surface area contributed by atoms with Crippen LogP contribution in [0, 0.1) is 5.92 Å². The number of aliphatic carboxylic acids is 1. The molecule has 11 nitrogen and oxygen atoms in total. The Morgan fingerprint density at radius 3 is 2.17 bits per heavy atom. The molecule has 2 aromatic carbocycles. The van der Waals surface area contributed by atoms with E-state index in [2.05, 4.69) is 20.9 Å². The maximum Gasteiger partial charge on any atom is 0.326 e. The lowest BCUT2D eigenvalue weighted by molar-refractivity contribution is -0.142. The molecule has 4 atom stereocenters. The summed E-state index contributed by atoms with van der Waals surface area (Å²) >= 11 is 0. The van der Waals surface area contributed by atoms with Crippen LogP contribution in [0.2, 0.25) is 0 Å². The zero-order valence-corrected chi connectivity index (χ0v) is 24.1. The molecular formula is C31H42N6O5. The van der Waals surface area contributed by atoms with Gasteiger partial charge in [0.2, 0.25) is 17.7 Å². The van der Waals surface area contributed by atoms with E-state index in [-0.39, 0.29) is 18.8 Å². The van der Waals surface area contributed by atoms with Crippen molar-refractivity contribution < 1.29 is 24.3 Å². The number of carbonyl (C=O) groups is 4. The number of carboxylic acids is 1. The number of para-hydroxylation sites is 1. The van der Waals surface area contributed by atoms with Crippen LogP contribution in [0.25, 0.3) is 10.9 Å². The summed E-state index contributed by atoms with van der Waals surface area (Å²) in [4.78, 5) is 54.8. The number of carboxylic acid groups (broad SMARTS) is 1. The van der Waals surface area contributed by atoms with Gasteiger partial charge in [-0.05, 0) is 55.3 Å². The minimum atomic E-state index is -1.18. The van der Waals surface area contributed by atoms with Crippen LogP contribution in [0.4, 0.5) is 0 Å². The second kappa shape index (κ2) is 15.7. The van der Waals surface area contributed by atoms with Crippen LogP contribution in [0.1, 0.15) is 44.2 Å². The lowest BCUT2D eigenvalue weighted by atomic mass is 10.00. The number of benzene rings is 2. The molecule has 0 saturated carbocycles. The van der Waals surface area contributed by atoms with Gasteiger partial charge in [0.1, 0.15) is 18.1 Å². The third kappa shape index (κ3) is 9.15. The SMILES string of the molecule is CC(C)C(NC(=O)C(CCCCN)NC(=O)C(N)Cc1c[nH]c2ccccc12)C(=O)NC(Cc1ccccc1)C(=O)O. The van der Waals surface area contributed by atoms with Gasteiger partial charge in [0, 0.05) is 23.5 Å². The van der Waals surface area contributed by atoms with E-state index in [0.29, 0.717) is 25.8 Å². The molecule has 11 heteroatoms. The number of unbranched alkanes of at least 4 members (excludes halogenated alkanes) is 1. The predicted octanol–water partition coefficient (Wildman–Crippen LogP) is 1.60. The quantitative estimate of drug-likeness (QED) is 0.125. The molecule has 4 unspecified atom stereocenters. The first kappa shape index (κ1) is 32.3. The number of aromatic amines is 1. The summed E-state index contributed by atoms with van der Waals surface area (Å²) in [5.41, 5.74) is 14.5. The van der Waals surface area contributed by atoms with Gasteiger partial charge >= 0.3 is 5.97 Å². The Labute approximate surface area is 245 Å². The fourth-order valence-electron chi connectivity index (χ4n) is 4.77. The van der Waals surface area contributed by atoms with Gasteiger partial charge in [-0.3, -0.25) is 14.4 Å². The first-order chi connectivity index (χ1) is 20.1. The third-order valence-electron chi connectivity index (χ3n) is 7.18. The van der Waals surface area contributed by atoms with Crippen molar-refractivity contribution in [2.75, 3.05) is 6.54 Å². The molecule has 42 heavy (non-hydrogen) atoms. The van der Waals surface area contributed by atoms with Crippen molar-refractivity contribution >= 4 is 34.6 Å². The number of nitrogens with two attached hydrogens (primary N) is 2. The fraction of sp³-hybridized carbons (Fsp3) is 0.419. The molecule has 1 aromatic heterocycles. The van der Waals surface area contributed by atoms with Gasteiger partial charge in [0.25, 0.3) is 0 Å². The predicted molar refractivity (Wildman–Crippen MR) is 161 cm³/mol. The Morgan fingerprint density at radius 2 is 1.50 bits per heavy atom. The highest BCUT2D eigenvalue weighted by molar-refractivity contribution is 5.94. The molecule has 3 amide bonds. The van der Waals surface area contributed by atoms with Crippen LogP contribution in [0.3, 0.4) is 0 Å². The first-order valence-electron chi connectivity index (χ1n) is 14.3. The standard InChI is InChI=1S/C31H42N6O5/c1-19(2)27(30(40)36-26(31(41)42)16-20-10-4-3-5-11-20)37-29(39)25(14-8-9-15-32)35-28(38)23(33)17-21-18-34-24-13-7-6-12-22(21)24/h3-7,10-13,18-19,23,25-27,34H,8-9,14-17,32-33H2,1-2H3,(H,35,38)(H,36,40)(H,37,39)(H,41,42). The maximum atomic E-state index is 13.4. The highest BCUT2D eigenvalue weighted by Gasteiger charge is 2.32. The summed E-state index contributed by atoms with van der Waals surface area (Å²) < 4.78 is 0. The summed E-state index contributed by atoms with van der Waals surface area (Å²) in [7, 11) is 0. The highest BCUT2D eigenvalue weighted by atomic mass is 16.4. The number of hydrogen-bond acceptors (Lipinski definition) is 6. The lowest BCUT2D eigenvalue weighted by Gasteiger charge is -2.27. The van der Waals surface area contributed by atoms with Gasteiger partial charge < -0.3 is 37.5 Å². The highest BCUT2D eigenvalue weighted by Crippen LogP contribution is 2.19. The van der Waals surface area contributed by atoms with E-state index in [4.69, 9.17) is 11.5 Å². The molecule has 0 fully saturated rings. The van der Waals surface area contributed by atoms with Crippen molar-refractivity contribution in [3.8, 4) is 0 Å². The van der Waals surface area contributed by atoms with Crippen molar-refractivity contribution in [1.82, 2.24) is 20.9 Å². The van der Waals surface area contributed by atoms with Crippen LogP contribution in [0.15, 0.2) is 60.8 Å². The van der Waals surface area contributed by atoms with Crippen LogP contribution in [-0.4, -0.2) is 64.5 Å². The van der Waals surface area contributed by atoms with E-state index < -0.39 is 47.9 Å². The number of carbonyl (C=O) groups excluding carboxylic acids is 3. The normalized spacial score (nSPS) is 14.1. The molecule has 0 spiro atoms. The van der Waals surface area contributed by atoms with Crippen LogP contribution >= 0.6 is 0 Å². The van der Waals surface area contributed by atoms with Crippen LogP contribution < -0.4 is 27.4 Å². The number of fused-ring (bicyclic) bond motifs is 1. The van der Waals surface area contributed by atoms with Gasteiger partial charge in [0.15, 0.2) is 0 Å². The Balaban J connectivity index is 1.68. The average Bonchev–Trinajstić information content (AvgIpc) is 3.37. The summed E-state index contributed by atoms with van der Waals surface area (Å²) in [6.45, 7) is 3.92. The van der Waals surface area contributed by atoms with E-state index >= 15 is 0 Å². The minimum absolute atomic E-state index is 0.0900. The van der Waals surface area contributed by atoms with E-state index in [1.807, 2.05) is 36.5 Å². The number of rotatable bonds is 16. The first-order valence-corrected chi connectivity index (χ1v) is 14.3. The zero-order valence-electron chi connectivity index (χ0n) is 24.1. The smallest absolute Gasteiger partial charge is 0.326 e. The van der Waals surface area contributed by atoms with Gasteiger partial charge in [-0.15, -0.1) is 0 Å².